The summed E-state index contributed by atoms with van der Waals surface area (Å²) in [5, 5.41) is 10.8. The molecular formula is C18H24N4S2. The molecule has 1 fully saturated rings. The van der Waals surface area contributed by atoms with Gasteiger partial charge in [0.25, 0.3) is 0 Å². The van der Waals surface area contributed by atoms with Crippen molar-refractivity contribution in [3.63, 3.8) is 0 Å². The predicted molar refractivity (Wildman–Crippen MR) is 106 cm³/mol. The molecule has 0 amide bonds. The van der Waals surface area contributed by atoms with Crippen LogP contribution in [0.4, 0.5) is 0 Å². The molecule has 2 aromatic rings. The molecule has 4 nitrogen and oxygen atoms in total. The number of benzene rings is 1. The van der Waals surface area contributed by atoms with Crippen LogP contribution in [-0.4, -0.2) is 42.1 Å². The zero-order valence-corrected chi connectivity index (χ0v) is 15.6. The summed E-state index contributed by atoms with van der Waals surface area (Å²) in [6.07, 6.45) is 3.56. The van der Waals surface area contributed by atoms with Crippen molar-refractivity contribution < 1.29 is 0 Å². The van der Waals surface area contributed by atoms with E-state index in [1.54, 1.807) is 11.3 Å². The van der Waals surface area contributed by atoms with E-state index < -0.39 is 0 Å². The average Bonchev–Trinajstić information content (AvgIpc) is 3.30. The maximum Gasteiger partial charge on any atom is 0.191 e. The third kappa shape index (κ3) is 4.98. The Morgan fingerprint density at radius 2 is 2.17 bits per heavy atom. The molecule has 1 atom stereocenters. The number of hydrogen-bond acceptors (Lipinski definition) is 4. The molecule has 2 heterocycles. The first-order chi connectivity index (χ1) is 11.8. The normalized spacial score (nSPS) is 17.9. The van der Waals surface area contributed by atoms with Crippen LogP contribution in [-0.2, 0) is 6.42 Å². The minimum absolute atomic E-state index is 0.732. The van der Waals surface area contributed by atoms with Gasteiger partial charge in [-0.2, -0.15) is 11.8 Å². The number of aromatic nitrogens is 1. The summed E-state index contributed by atoms with van der Waals surface area (Å²) in [6, 6.07) is 10.3. The van der Waals surface area contributed by atoms with Crippen molar-refractivity contribution in [1.29, 1.82) is 0 Å². The second-order valence-corrected chi connectivity index (χ2v) is 8.04. The quantitative estimate of drug-likeness (QED) is 0.612. The highest BCUT2D eigenvalue weighted by Gasteiger charge is 2.15. The van der Waals surface area contributed by atoms with Crippen LogP contribution in [0.1, 0.15) is 18.5 Å². The SMILES string of the molecule is CN=C(NCCc1csc(-c2ccccc2)n1)NCC1CCCS1. The highest BCUT2D eigenvalue weighted by atomic mass is 32.2. The average molecular weight is 361 g/mol. The summed E-state index contributed by atoms with van der Waals surface area (Å²) in [5.41, 5.74) is 2.32. The van der Waals surface area contributed by atoms with E-state index in [4.69, 9.17) is 4.98 Å². The summed E-state index contributed by atoms with van der Waals surface area (Å²) in [5.74, 6) is 2.19. The molecule has 6 heteroatoms. The minimum atomic E-state index is 0.732. The van der Waals surface area contributed by atoms with E-state index in [1.165, 1.54) is 24.2 Å². The van der Waals surface area contributed by atoms with E-state index in [1.807, 2.05) is 13.1 Å². The van der Waals surface area contributed by atoms with Gasteiger partial charge in [0.15, 0.2) is 5.96 Å². The standard InChI is InChI=1S/C18H24N4S2/c1-19-18(21-12-16-8-5-11-23-16)20-10-9-15-13-24-17(22-15)14-6-3-2-4-7-14/h2-4,6-7,13,16H,5,8-12H2,1H3,(H2,19,20,21). The molecule has 1 aromatic carbocycles. The maximum absolute atomic E-state index is 4.73. The van der Waals surface area contributed by atoms with Gasteiger partial charge in [0, 0.05) is 42.8 Å². The van der Waals surface area contributed by atoms with Crippen molar-refractivity contribution in [3.8, 4) is 10.6 Å². The molecule has 1 saturated heterocycles. The van der Waals surface area contributed by atoms with Gasteiger partial charge in [-0.25, -0.2) is 4.98 Å². The molecule has 2 N–H and O–H groups in total. The van der Waals surface area contributed by atoms with E-state index in [2.05, 4.69) is 57.0 Å². The Morgan fingerprint density at radius 3 is 2.92 bits per heavy atom. The monoisotopic (exact) mass is 360 g/mol. The van der Waals surface area contributed by atoms with Crippen molar-refractivity contribution in [3.05, 3.63) is 41.4 Å². The summed E-state index contributed by atoms with van der Waals surface area (Å²) < 4.78 is 0. The lowest BCUT2D eigenvalue weighted by molar-refractivity contribution is 0.723. The van der Waals surface area contributed by atoms with Gasteiger partial charge in [-0.05, 0) is 18.6 Å². The predicted octanol–water partition coefficient (Wildman–Crippen LogP) is 3.41. The minimum Gasteiger partial charge on any atom is -0.356 e. The van der Waals surface area contributed by atoms with Crippen molar-refractivity contribution in [2.45, 2.75) is 24.5 Å². The number of rotatable bonds is 6. The van der Waals surface area contributed by atoms with Crippen LogP contribution >= 0.6 is 23.1 Å². The van der Waals surface area contributed by atoms with E-state index >= 15 is 0 Å². The number of aliphatic imine (C=N–C) groups is 1. The first-order valence-corrected chi connectivity index (χ1v) is 10.3. The van der Waals surface area contributed by atoms with Gasteiger partial charge in [0.1, 0.15) is 5.01 Å². The van der Waals surface area contributed by atoms with Crippen molar-refractivity contribution in [1.82, 2.24) is 15.6 Å². The van der Waals surface area contributed by atoms with Gasteiger partial charge < -0.3 is 10.6 Å². The lowest BCUT2D eigenvalue weighted by Crippen LogP contribution is -2.40. The number of thioether (sulfide) groups is 1. The third-order valence-electron chi connectivity index (χ3n) is 3.99. The van der Waals surface area contributed by atoms with Gasteiger partial charge >= 0.3 is 0 Å². The van der Waals surface area contributed by atoms with Gasteiger partial charge in [-0.15, -0.1) is 11.3 Å². The third-order valence-corrected chi connectivity index (χ3v) is 6.33. The fourth-order valence-electron chi connectivity index (χ4n) is 2.68. The van der Waals surface area contributed by atoms with Crippen LogP contribution in [0.15, 0.2) is 40.7 Å². The van der Waals surface area contributed by atoms with E-state index in [0.29, 0.717) is 0 Å². The van der Waals surface area contributed by atoms with E-state index in [-0.39, 0.29) is 0 Å². The van der Waals surface area contributed by atoms with Crippen LogP contribution in [0.2, 0.25) is 0 Å². The van der Waals surface area contributed by atoms with E-state index in [9.17, 15) is 0 Å². The van der Waals surface area contributed by atoms with Gasteiger partial charge in [-0.1, -0.05) is 30.3 Å². The van der Waals surface area contributed by atoms with E-state index in [0.717, 1.165) is 41.4 Å². The van der Waals surface area contributed by atoms with Crippen LogP contribution in [0, 0.1) is 0 Å². The first-order valence-electron chi connectivity index (χ1n) is 8.41. The Bertz CT molecular complexity index is 648. The number of guanidine groups is 1. The zero-order valence-electron chi connectivity index (χ0n) is 14.0. The smallest absolute Gasteiger partial charge is 0.191 e. The first kappa shape index (κ1) is 17.3. The molecule has 0 aliphatic carbocycles. The second-order valence-electron chi connectivity index (χ2n) is 5.77. The van der Waals surface area contributed by atoms with Crippen LogP contribution in [0.25, 0.3) is 10.6 Å². The number of hydrogen-bond donors (Lipinski definition) is 2. The van der Waals surface area contributed by atoms with Gasteiger partial charge in [-0.3, -0.25) is 4.99 Å². The molecule has 0 spiro atoms. The summed E-state index contributed by atoms with van der Waals surface area (Å²) >= 11 is 3.77. The van der Waals surface area contributed by atoms with Crippen LogP contribution < -0.4 is 10.6 Å². The number of nitrogens with zero attached hydrogens (tertiary/aromatic N) is 2. The molecule has 24 heavy (non-hydrogen) atoms. The van der Waals surface area contributed by atoms with Crippen molar-refractivity contribution in [2.24, 2.45) is 4.99 Å². The van der Waals surface area contributed by atoms with Crippen molar-refractivity contribution >= 4 is 29.1 Å². The Morgan fingerprint density at radius 1 is 1.29 bits per heavy atom. The maximum atomic E-state index is 4.73. The lowest BCUT2D eigenvalue weighted by atomic mass is 10.2. The van der Waals surface area contributed by atoms with Gasteiger partial charge in [0.2, 0.25) is 0 Å². The highest BCUT2D eigenvalue weighted by molar-refractivity contribution is 8.00. The zero-order chi connectivity index (χ0) is 16.6. The highest BCUT2D eigenvalue weighted by Crippen LogP contribution is 2.25. The van der Waals surface area contributed by atoms with Crippen LogP contribution in [0.3, 0.4) is 0 Å². The second kappa shape index (κ2) is 9.08. The molecule has 128 valence electrons. The lowest BCUT2D eigenvalue weighted by Gasteiger charge is -2.14. The molecule has 3 rings (SSSR count). The van der Waals surface area contributed by atoms with Crippen LogP contribution in [0.5, 0.6) is 0 Å². The van der Waals surface area contributed by atoms with Crippen molar-refractivity contribution in [2.75, 3.05) is 25.9 Å². The summed E-state index contributed by atoms with van der Waals surface area (Å²) in [6.45, 7) is 1.84. The largest absolute Gasteiger partial charge is 0.356 e. The van der Waals surface area contributed by atoms with Gasteiger partial charge in [0.05, 0.1) is 5.69 Å². The Labute approximate surface area is 152 Å². The fraction of sp³-hybridized carbons (Fsp3) is 0.444. The molecule has 1 aliphatic rings. The fourth-order valence-corrected chi connectivity index (χ4v) is 4.74. The topological polar surface area (TPSA) is 49.3 Å². The molecule has 0 bridgehead atoms. The molecule has 1 aromatic heterocycles. The molecular weight excluding hydrogens is 336 g/mol. The summed E-state index contributed by atoms with van der Waals surface area (Å²) in [4.78, 5) is 9.03. The Kier molecular flexibility index (Phi) is 6.55. The number of thiazole rings is 1. The molecule has 0 saturated carbocycles. The molecule has 1 unspecified atom stereocenters. The number of nitrogens with one attached hydrogen (secondary N) is 2. The molecule has 0 radical (unpaired) electrons. The Hall–Kier alpha value is -1.53. The molecule has 1 aliphatic heterocycles. The Balaban J connectivity index is 1.43. The summed E-state index contributed by atoms with van der Waals surface area (Å²) in [7, 11) is 1.83.